The molecule has 0 radical (unpaired) electrons. The van der Waals surface area contributed by atoms with Crippen LogP contribution in [-0.4, -0.2) is 22.2 Å². The number of fused-ring (bicyclic) bond motifs is 1. The molecule has 0 aliphatic carbocycles. The molecule has 25 heavy (non-hydrogen) atoms. The second kappa shape index (κ2) is 5.59. The number of hydrogen-bond donors (Lipinski definition) is 0. The van der Waals surface area contributed by atoms with E-state index in [-0.39, 0.29) is 11.3 Å². The number of amides is 1. The Kier molecular flexibility index (Phi) is 3.49. The highest BCUT2D eigenvalue weighted by atomic mass is 16.2. The molecule has 2 aromatic carbocycles. The van der Waals surface area contributed by atoms with Gasteiger partial charge in [0.05, 0.1) is 5.56 Å². The van der Waals surface area contributed by atoms with Crippen molar-refractivity contribution in [1.29, 1.82) is 0 Å². The largest absolute Gasteiger partial charge is 0.307 e. The second-order valence-electron chi connectivity index (χ2n) is 7.22. The first-order chi connectivity index (χ1) is 12.0. The highest BCUT2D eigenvalue weighted by Gasteiger charge is 2.38. The number of anilines is 1. The standard InChI is InChI=1S/C21H21N3O/c1-21(2)14-24(18-12-8-7-11-17(18)21)20(25)16-13-23(3)22-19(16)15-9-5-4-6-10-15/h4-13H,14H2,1-3H3. The number of benzene rings is 2. The molecule has 3 aromatic rings. The summed E-state index contributed by atoms with van der Waals surface area (Å²) in [6.07, 6.45) is 1.82. The van der Waals surface area contributed by atoms with Gasteiger partial charge in [-0.2, -0.15) is 5.10 Å². The maximum Gasteiger partial charge on any atom is 0.262 e. The van der Waals surface area contributed by atoms with Crippen LogP contribution in [0.3, 0.4) is 0 Å². The van der Waals surface area contributed by atoms with E-state index < -0.39 is 0 Å². The van der Waals surface area contributed by atoms with Crippen molar-refractivity contribution < 1.29 is 4.79 Å². The number of carbonyl (C=O) groups is 1. The topological polar surface area (TPSA) is 38.1 Å². The van der Waals surface area contributed by atoms with E-state index in [1.807, 2.05) is 66.7 Å². The van der Waals surface area contributed by atoms with Crippen molar-refractivity contribution in [3.05, 3.63) is 71.9 Å². The van der Waals surface area contributed by atoms with Gasteiger partial charge in [0.1, 0.15) is 5.69 Å². The van der Waals surface area contributed by atoms with Gasteiger partial charge in [0.25, 0.3) is 5.91 Å². The summed E-state index contributed by atoms with van der Waals surface area (Å²) in [5, 5.41) is 4.53. The van der Waals surface area contributed by atoms with Crippen LogP contribution >= 0.6 is 0 Å². The van der Waals surface area contributed by atoms with Crippen molar-refractivity contribution in [2.45, 2.75) is 19.3 Å². The van der Waals surface area contributed by atoms with Crippen LogP contribution in [0.4, 0.5) is 5.69 Å². The molecule has 126 valence electrons. The van der Waals surface area contributed by atoms with E-state index in [2.05, 4.69) is 25.0 Å². The van der Waals surface area contributed by atoms with Crippen LogP contribution in [0.15, 0.2) is 60.8 Å². The summed E-state index contributed by atoms with van der Waals surface area (Å²) in [5.74, 6) is 0.00461. The Balaban J connectivity index is 1.79. The summed E-state index contributed by atoms with van der Waals surface area (Å²) in [4.78, 5) is 15.3. The third-order valence-corrected chi connectivity index (χ3v) is 4.83. The Hall–Kier alpha value is -2.88. The van der Waals surface area contributed by atoms with Crippen LogP contribution in [0.25, 0.3) is 11.3 Å². The molecule has 4 heteroatoms. The summed E-state index contributed by atoms with van der Waals surface area (Å²) >= 11 is 0. The molecule has 0 spiro atoms. The SMILES string of the molecule is Cn1cc(C(=O)N2CC(C)(C)c3ccccc32)c(-c2ccccc2)n1. The van der Waals surface area contributed by atoms with Gasteiger partial charge in [0, 0.05) is 36.5 Å². The average Bonchev–Trinajstić information content (AvgIpc) is 3.13. The average molecular weight is 331 g/mol. The molecule has 0 unspecified atom stereocenters. The van der Waals surface area contributed by atoms with Crippen molar-refractivity contribution in [3.63, 3.8) is 0 Å². The number of rotatable bonds is 2. The Morgan fingerprint density at radius 3 is 2.48 bits per heavy atom. The molecule has 0 bridgehead atoms. The van der Waals surface area contributed by atoms with Gasteiger partial charge in [0.2, 0.25) is 0 Å². The Bertz CT molecular complexity index is 941. The molecule has 1 amide bonds. The molecular weight excluding hydrogens is 310 g/mol. The van der Waals surface area contributed by atoms with E-state index in [1.165, 1.54) is 5.56 Å². The molecule has 0 saturated heterocycles. The Labute approximate surface area is 147 Å². The monoisotopic (exact) mass is 331 g/mol. The summed E-state index contributed by atoms with van der Waals surface area (Å²) in [6, 6.07) is 18.0. The minimum Gasteiger partial charge on any atom is -0.307 e. The van der Waals surface area contributed by atoms with E-state index in [0.29, 0.717) is 12.1 Å². The van der Waals surface area contributed by atoms with Gasteiger partial charge in [-0.25, -0.2) is 0 Å². The molecule has 0 fully saturated rings. The van der Waals surface area contributed by atoms with Crippen LogP contribution in [0.2, 0.25) is 0 Å². The van der Waals surface area contributed by atoms with Crippen LogP contribution in [0.1, 0.15) is 29.8 Å². The van der Waals surface area contributed by atoms with Crippen molar-refractivity contribution in [1.82, 2.24) is 9.78 Å². The summed E-state index contributed by atoms with van der Waals surface area (Å²) < 4.78 is 1.71. The number of carbonyl (C=O) groups excluding carboxylic acids is 1. The molecule has 0 saturated carbocycles. The number of nitrogens with zero attached hydrogens (tertiary/aromatic N) is 3. The van der Waals surface area contributed by atoms with Crippen LogP contribution < -0.4 is 4.90 Å². The quantitative estimate of drug-likeness (QED) is 0.711. The molecule has 4 nitrogen and oxygen atoms in total. The van der Waals surface area contributed by atoms with E-state index in [4.69, 9.17) is 0 Å². The second-order valence-corrected chi connectivity index (χ2v) is 7.22. The normalized spacial score (nSPS) is 15.2. The highest BCUT2D eigenvalue weighted by molar-refractivity contribution is 6.10. The van der Waals surface area contributed by atoms with Crippen LogP contribution in [-0.2, 0) is 12.5 Å². The zero-order chi connectivity index (χ0) is 17.6. The van der Waals surface area contributed by atoms with E-state index in [9.17, 15) is 4.79 Å². The zero-order valence-electron chi connectivity index (χ0n) is 14.7. The molecule has 2 heterocycles. The smallest absolute Gasteiger partial charge is 0.262 e. The predicted molar refractivity (Wildman–Crippen MR) is 99.8 cm³/mol. The summed E-state index contributed by atoms with van der Waals surface area (Å²) in [6.45, 7) is 5.04. The molecule has 1 aliphatic heterocycles. The maximum atomic E-state index is 13.4. The molecule has 0 N–H and O–H groups in total. The molecule has 1 aromatic heterocycles. The third-order valence-electron chi connectivity index (χ3n) is 4.83. The van der Waals surface area contributed by atoms with Crippen LogP contribution in [0, 0.1) is 0 Å². The molecule has 1 aliphatic rings. The van der Waals surface area contributed by atoms with Gasteiger partial charge >= 0.3 is 0 Å². The first-order valence-electron chi connectivity index (χ1n) is 8.48. The first-order valence-corrected chi connectivity index (χ1v) is 8.48. The molecular formula is C21H21N3O. The van der Waals surface area contributed by atoms with Gasteiger partial charge in [0.15, 0.2) is 0 Å². The number of aryl methyl sites for hydroxylation is 1. The third kappa shape index (κ3) is 2.54. The minimum absolute atomic E-state index is 0.00461. The van der Waals surface area contributed by atoms with Crippen molar-refractivity contribution in [2.24, 2.45) is 7.05 Å². The molecule has 4 rings (SSSR count). The number of hydrogen-bond acceptors (Lipinski definition) is 2. The van der Waals surface area contributed by atoms with Crippen molar-refractivity contribution in [2.75, 3.05) is 11.4 Å². The molecule has 0 atom stereocenters. The van der Waals surface area contributed by atoms with E-state index in [1.54, 1.807) is 4.68 Å². The maximum absolute atomic E-state index is 13.4. The van der Waals surface area contributed by atoms with Gasteiger partial charge in [-0.1, -0.05) is 62.4 Å². The lowest BCUT2D eigenvalue weighted by molar-refractivity contribution is 0.0986. The summed E-state index contributed by atoms with van der Waals surface area (Å²) in [5.41, 5.74) is 4.49. The Morgan fingerprint density at radius 1 is 1.04 bits per heavy atom. The predicted octanol–water partition coefficient (Wildman–Crippen LogP) is 4.03. The fourth-order valence-electron chi connectivity index (χ4n) is 3.63. The van der Waals surface area contributed by atoms with Crippen LogP contribution in [0.5, 0.6) is 0 Å². The van der Waals surface area contributed by atoms with Crippen molar-refractivity contribution >= 4 is 11.6 Å². The first kappa shape index (κ1) is 15.6. The lowest BCUT2D eigenvalue weighted by Crippen LogP contribution is -2.34. The number of aromatic nitrogens is 2. The van der Waals surface area contributed by atoms with E-state index >= 15 is 0 Å². The van der Waals surface area contributed by atoms with Gasteiger partial charge in [-0.05, 0) is 11.6 Å². The van der Waals surface area contributed by atoms with Gasteiger partial charge in [-0.3, -0.25) is 9.48 Å². The van der Waals surface area contributed by atoms with Gasteiger partial charge < -0.3 is 4.90 Å². The highest BCUT2D eigenvalue weighted by Crippen LogP contribution is 2.41. The zero-order valence-corrected chi connectivity index (χ0v) is 14.7. The minimum atomic E-state index is -0.0542. The number of para-hydroxylation sites is 1. The fourth-order valence-corrected chi connectivity index (χ4v) is 3.63. The van der Waals surface area contributed by atoms with Crippen molar-refractivity contribution in [3.8, 4) is 11.3 Å². The lowest BCUT2D eigenvalue weighted by Gasteiger charge is -2.20. The van der Waals surface area contributed by atoms with E-state index in [0.717, 1.165) is 16.9 Å². The van der Waals surface area contributed by atoms with Gasteiger partial charge in [-0.15, -0.1) is 0 Å². The summed E-state index contributed by atoms with van der Waals surface area (Å²) in [7, 11) is 1.85. The lowest BCUT2D eigenvalue weighted by atomic mass is 9.87. The Morgan fingerprint density at radius 2 is 1.72 bits per heavy atom. The fraction of sp³-hybridized carbons (Fsp3) is 0.238.